The summed E-state index contributed by atoms with van der Waals surface area (Å²) in [6.45, 7) is 5.62. The molecule has 2 heterocycles. The Bertz CT molecular complexity index is 1340. The highest BCUT2D eigenvalue weighted by atomic mass is 16.5. The van der Waals surface area contributed by atoms with Crippen molar-refractivity contribution >= 4 is 11.6 Å². The molecule has 4 rings (SSSR count). The summed E-state index contributed by atoms with van der Waals surface area (Å²) in [6.07, 6.45) is 4.37. The number of aliphatic hydroxyl groups is 2. The molecule has 2 atom stereocenters. The molecule has 0 fully saturated rings. The van der Waals surface area contributed by atoms with Gasteiger partial charge in [0.25, 0.3) is 0 Å². The number of hydrogen-bond donors (Lipinski definition) is 3. The molecule has 36 heavy (non-hydrogen) atoms. The molecule has 7 nitrogen and oxygen atoms in total. The average Bonchev–Trinajstić information content (AvgIpc) is 3.28. The maximum atomic E-state index is 12.2. The molecule has 2 aromatic carbocycles. The number of imidazole rings is 1. The summed E-state index contributed by atoms with van der Waals surface area (Å²) >= 11 is 0. The van der Waals surface area contributed by atoms with Crippen LogP contribution in [0.3, 0.4) is 0 Å². The number of nitrogens with zero attached hydrogens (tertiary/aromatic N) is 2. The molecule has 0 spiro atoms. The summed E-state index contributed by atoms with van der Waals surface area (Å²) in [6, 6.07) is 17.2. The van der Waals surface area contributed by atoms with E-state index >= 15 is 0 Å². The van der Waals surface area contributed by atoms with Crippen LogP contribution in [0.2, 0.25) is 0 Å². The quantitative estimate of drug-likeness (QED) is 0.302. The lowest BCUT2D eigenvalue weighted by molar-refractivity contribution is 0.0998. The summed E-state index contributed by atoms with van der Waals surface area (Å²) < 4.78 is 7.76. The fourth-order valence-electron chi connectivity index (χ4n) is 4.57. The number of rotatable bonds is 10. The standard InChI is InChI=1S/C29H33N3O4/c1-18(2)36-23-10-11-25(28(30)35)26(16-23)22(12-14-33)15-20-6-8-21(9-7-20)27-17-32-13-4-5-24(19(3)34)29(32)31-27/h4-11,13,16-19,22,33-34H,12,14-15H2,1-3H3,(H2,30,35)/t19?,22-/m1/s1. The van der Waals surface area contributed by atoms with Gasteiger partial charge in [0.15, 0.2) is 0 Å². The lowest BCUT2D eigenvalue weighted by Crippen LogP contribution is -2.18. The summed E-state index contributed by atoms with van der Waals surface area (Å²) in [5.41, 5.74) is 11.3. The van der Waals surface area contributed by atoms with Gasteiger partial charge in [-0.05, 0) is 74.9 Å². The smallest absolute Gasteiger partial charge is 0.248 e. The molecule has 188 valence electrons. The minimum absolute atomic E-state index is 0.00242. The van der Waals surface area contributed by atoms with Crippen molar-refractivity contribution in [3.8, 4) is 17.0 Å². The average molecular weight is 488 g/mol. The highest BCUT2D eigenvalue weighted by molar-refractivity contribution is 5.94. The van der Waals surface area contributed by atoms with E-state index in [4.69, 9.17) is 15.5 Å². The fourth-order valence-corrected chi connectivity index (χ4v) is 4.57. The molecule has 1 unspecified atom stereocenters. The van der Waals surface area contributed by atoms with Gasteiger partial charge in [-0.3, -0.25) is 4.79 Å². The van der Waals surface area contributed by atoms with Gasteiger partial charge in [-0.15, -0.1) is 0 Å². The molecule has 0 aliphatic carbocycles. The third kappa shape index (κ3) is 5.58. The first kappa shape index (κ1) is 25.4. The second-order valence-electron chi connectivity index (χ2n) is 9.39. The summed E-state index contributed by atoms with van der Waals surface area (Å²) in [5.74, 6) is 0.0670. The van der Waals surface area contributed by atoms with E-state index in [1.165, 1.54) is 0 Å². The molecule has 4 aromatic rings. The lowest BCUT2D eigenvalue weighted by atomic mass is 9.86. The van der Waals surface area contributed by atoms with Crippen LogP contribution in [0.25, 0.3) is 16.9 Å². The van der Waals surface area contributed by atoms with Crippen LogP contribution in [0, 0.1) is 0 Å². The van der Waals surface area contributed by atoms with Crippen LogP contribution in [0.15, 0.2) is 67.0 Å². The number of amides is 1. The van der Waals surface area contributed by atoms with Crippen molar-refractivity contribution in [2.75, 3.05) is 6.61 Å². The first-order valence-electron chi connectivity index (χ1n) is 12.2. The lowest BCUT2D eigenvalue weighted by Gasteiger charge is -2.21. The van der Waals surface area contributed by atoms with Crippen molar-refractivity contribution in [3.63, 3.8) is 0 Å². The van der Waals surface area contributed by atoms with Gasteiger partial charge in [-0.2, -0.15) is 0 Å². The topological polar surface area (TPSA) is 110 Å². The van der Waals surface area contributed by atoms with Crippen molar-refractivity contribution in [2.45, 2.75) is 51.7 Å². The Hall–Kier alpha value is -3.68. The number of carbonyl (C=O) groups is 1. The maximum absolute atomic E-state index is 12.2. The number of carbonyl (C=O) groups excluding carboxylic acids is 1. The first-order valence-corrected chi connectivity index (χ1v) is 12.2. The monoisotopic (exact) mass is 487 g/mol. The molecule has 0 saturated carbocycles. The third-order valence-electron chi connectivity index (χ3n) is 6.27. The molecule has 4 N–H and O–H groups in total. The van der Waals surface area contributed by atoms with E-state index in [1.807, 2.05) is 73.1 Å². The van der Waals surface area contributed by atoms with Gasteiger partial charge < -0.3 is 25.1 Å². The number of benzene rings is 2. The number of ether oxygens (including phenoxy) is 1. The Kier molecular flexibility index (Phi) is 7.72. The second-order valence-corrected chi connectivity index (χ2v) is 9.39. The minimum Gasteiger partial charge on any atom is -0.491 e. The molecule has 1 amide bonds. The highest BCUT2D eigenvalue weighted by Crippen LogP contribution is 2.32. The Morgan fingerprint density at radius 1 is 1.08 bits per heavy atom. The molecule has 0 saturated heterocycles. The van der Waals surface area contributed by atoms with Gasteiger partial charge in [0.05, 0.1) is 17.9 Å². The number of fused-ring (bicyclic) bond motifs is 1. The van der Waals surface area contributed by atoms with Gasteiger partial charge >= 0.3 is 0 Å². The number of hydrogen-bond acceptors (Lipinski definition) is 5. The van der Waals surface area contributed by atoms with E-state index in [9.17, 15) is 15.0 Å². The molecule has 0 aliphatic rings. The third-order valence-corrected chi connectivity index (χ3v) is 6.27. The van der Waals surface area contributed by atoms with Gasteiger partial charge in [-0.25, -0.2) is 4.98 Å². The Morgan fingerprint density at radius 3 is 2.47 bits per heavy atom. The van der Waals surface area contributed by atoms with Gasteiger partial charge in [0.2, 0.25) is 5.91 Å². The molecule has 0 bridgehead atoms. The van der Waals surface area contributed by atoms with Crippen LogP contribution in [-0.4, -0.2) is 38.2 Å². The van der Waals surface area contributed by atoms with Crippen molar-refractivity contribution in [1.29, 1.82) is 0 Å². The molecule has 0 aliphatic heterocycles. The van der Waals surface area contributed by atoms with Crippen LogP contribution >= 0.6 is 0 Å². The van der Waals surface area contributed by atoms with E-state index in [0.717, 1.165) is 33.6 Å². The predicted octanol–water partition coefficient (Wildman–Crippen LogP) is 4.65. The second kappa shape index (κ2) is 10.9. The molecular weight excluding hydrogens is 454 g/mol. The number of primary amides is 1. The normalized spacial score (nSPS) is 13.2. The number of nitrogens with two attached hydrogens (primary N) is 1. The Balaban J connectivity index is 1.62. The summed E-state index contributed by atoms with van der Waals surface area (Å²) in [5, 5.41) is 19.8. The van der Waals surface area contributed by atoms with Gasteiger partial charge in [0, 0.05) is 35.7 Å². The van der Waals surface area contributed by atoms with Crippen LogP contribution in [0.1, 0.15) is 66.3 Å². The van der Waals surface area contributed by atoms with Crippen molar-refractivity contribution in [1.82, 2.24) is 9.38 Å². The van der Waals surface area contributed by atoms with Crippen LogP contribution in [-0.2, 0) is 6.42 Å². The number of aliphatic hydroxyl groups excluding tert-OH is 2. The number of aromatic nitrogens is 2. The zero-order valence-corrected chi connectivity index (χ0v) is 20.9. The van der Waals surface area contributed by atoms with Crippen molar-refractivity contribution < 1.29 is 19.7 Å². The SMILES string of the molecule is CC(C)Oc1ccc(C(N)=O)c([C@H](CCO)Cc2ccc(-c3cn4cccc(C(C)O)c4n3)cc2)c1. The van der Waals surface area contributed by atoms with Crippen molar-refractivity contribution in [3.05, 3.63) is 89.2 Å². The van der Waals surface area contributed by atoms with Crippen molar-refractivity contribution in [2.24, 2.45) is 5.73 Å². The molecular formula is C29H33N3O4. The van der Waals surface area contributed by atoms with Crippen LogP contribution in [0.4, 0.5) is 0 Å². The zero-order chi connectivity index (χ0) is 25.8. The Labute approximate surface area is 211 Å². The predicted molar refractivity (Wildman–Crippen MR) is 140 cm³/mol. The van der Waals surface area contributed by atoms with Crippen LogP contribution < -0.4 is 10.5 Å². The van der Waals surface area contributed by atoms with E-state index in [2.05, 4.69) is 0 Å². The summed E-state index contributed by atoms with van der Waals surface area (Å²) in [7, 11) is 0. The maximum Gasteiger partial charge on any atom is 0.248 e. The van der Waals surface area contributed by atoms with Gasteiger partial charge in [0.1, 0.15) is 11.4 Å². The first-order chi connectivity index (χ1) is 17.3. The van der Waals surface area contributed by atoms with Gasteiger partial charge in [-0.1, -0.05) is 30.3 Å². The van der Waals surface area contributed by atoms with Crippen LogP contribution in [0.5, 0.6) is 5.75 Å². The molecule has 2 aromatic heterocycles. The van der Waals surface area contributed by atoms with E-state index in [-0.39, 0.29) is 18.6 Å². The zero-order valence-electron chi connectivity index (χ0n) is 20.9. The highest BCUT2D eigenvalue weighted by Gasteiger charge is 2.20. The Morgan fingerprint density at radius 2 is 1.83 bits per heavy atom. The van der Waals surface area contributed by atoms with E-state index in [1.54, 1.807) is 19.1 Å². The fraction of sp³-hybridized carbons (Fsp3) is 0.310. The summed E-state index contributed by atoms with van der Waals surface area (Å²) in [4.78, 5) is 16.9. The molecule has 7 heteroatoms. The largest absolute Gasteiger partial charge is 0.491 e. The molecule has 0 radical (unpaired) electrons. The number of pyridine rings is 1. The van der Waals surface area contributed by atoms with E-state index < -0.39 is 12.0 Å². The van der Waals surface area contributed by atoms with E-state index in [0.29, 0.717) is 24.2 Å². The minimum atomic E-state index is -0.607.